The van der Waals surface area contributed by atoms with Crippen LogP contribution in [0.15, 0.2) is 18.3 Å². The van der Waals surface area contributed by atoms with Crippen LogP contribution in [0.4, 0.5) is 4.79 Å². The van der Waals surface area contributed by atoms with Crippen LogP contribution in [0.1, 0.15) is 0 Å². The van der Waals surface area contributed by atoms with E-state index < -0.39 is 6.09 Å². The van der Waals surface area contributed by atoms with Gasteiger partial charge in [0.15, 0.2) is 5.75 Å². The summed E-state index contributed by atoms with van der Waals surface area (Å²) in [6.07, 6.45) is 0.526. The number of ether oxygens (including phenoxy) is 2. The molecule has 0 aliphatic heterocycles. The van der Waals surface area contributed by atoms with Gasteiger partial charge in [-0.05, 0) is 20.2 Å². The highest BCUT2D eigenvalue weighted by molar-refractivity contribution is 5.67. The van der Waals surface area contributed by atoms with E-state index in [2.05, 4.69) is 9.72 Å². The molecule has 0 spiro atoms. The van der Waals surface area contributed by atoms with E-state index in [1.54, 1.807) is 12.1 Å². The van der Waals surface area contributed by atoms with Crippen LogP contribution in [0.25, 0.3) is 0 Å². The number of nitrogens with two attached hydrogens (primary N) is 1. The maximum Gasteiger partial charge on any atom is 0.410 e. The maximum atomic E-state index is 10.4. The van der Waals surface area contributed by atoms with E-state index in [4.69, 9.17) is 10.5 Å². The molecule has 1 heterocycles. The van der Waals surface area contributed by atoms with E-state index in [9.17, 15) is 4.79 Å². The molecule has 0 aliphatic carbocycles. The Morgan fingerprint density at radius 3 is 2.75 bits per heavy atom. The van der Waals surface area contributed by atoms with Crippen LogP contribution in [0.3, 0.4) is 0 Å². The first-order chi connectivity index (χ1) is 7.58. The topological polar surface area (TPSA) is 77.7 Å². The lowest BCUT2D eigenvalue weighted by molar-refractivity contribution is 0.210. The van der Waals surface area contributed by atoms with E-state index in [0.29, 0.717) is 18.2 Å². The molecule has 6 nitrogen and oxygen atoms in total. The number of amides is 1. The van der Waals surface area contributed by atoms with Crippen molar-refractivity contribution in [2.75, 3.05) is 27.2 Å². The lowest BCUT2D eigenvalue weighted by Gasteiger charge is -2.10. The molecule has 0 bridgehead atoms. The van der Waals surface area contributed by atoms with Gasteiger partial charge >= 0.3 is 6.09 Å². The molecule has 0 fully saturated rings. The quantitative estimate of drug-likeness (QED) is 0.788. The number of primary amides is 1. The molecule has 0 saturated carbocycles. The molecule has 1 aromatic rings. The normalized spacial score (nSPS) is 10.2. The predicted octanol–water partition coefficient (Wildman–Crippen LogP) is 0.479. The summed E-state index contributed by atoms with van der Waals surface area (Å²) in [6, 6.07) is 3.19. The molecular weight excluding hydrogens is 210 g/mol. The van der Waals surface area contributed by atoms with Crippen LogP contribution in [0.2, 0.25) is 0 Å². The van der Waals surface area contributed by atoms with Crippen LogP contribution < -0.4 is 15.2 Å². The highest BCUT2D eigenvalue weighted by Crippen LogP contribution is 2.13. The zero-order chi connectivity index (χ0) is 12.0. The first-order valence-corrected chi connectivity index (χ1v) is 4.79. The molecule has 6 heteroatoms. The molecule has 16 heavy (non-hydrogen) atoms. The second-order valence-corrected chi connectivity index (χ2v) is 3.40. The standard InChI is InChI=1S/C10H15N3O3/c1-13(2)5-6-15-9-4-3-8(7-12-9)16-10(11)14/h3-4,7H,5-6H2,1-2H3,(H2,11,14). The Kier molecular flexibility index (Phi) is 4.53. The SMILES string of the molecule is CN(C)CCOc1ccc(OC(N)=O)cn1. The second kappa shape index (κ2) is 5.92. The van der Waals surface area contributed by atoms with Gasteiger partial charge in [0.2, 0.25) is 5.88 Å². The molecule has 1 aromatic heterocycles. The first-order valence-electron chi connectivity index (χ1n) is 4.79. The molecule has 0 radical (unpaired) electrons. The van der Waals surface area contributed by atoms with Gasteiger partial charge in [0.1, 0.15) is 6.61 Å². The predicted molar refractivity (Wildman–Crippen MR) is 58.5 cm³/mol. The Morgan fingerprint density at radius 2 is 2.25 bits per heavy atom. The molecule has 0 aliphatic rings. The minimum absolute atomic E-state index is 0.299. The summed E-state index contributed by atoms with van der Waals surface area (Å²) in [6.45, 7) is 1.36. The first kappa shape index (κ1) is 12.3. The van der Waals surface area contributed by atoms with Gasteiger partial charge in [-0.25, -0.2) is 9.78 Å². The third-order valence-corrected chi connectivity index (χ3v) is 1.72. The number of rotatable bonds is 5. The van der Waals surface area contributed by atoms with Crippen LogP contribution in [-0.4, -0.2) is 43.2 Å². The maximum absolute atomic E-state index is 10.4. The summed E-state index contributed by atoms with van der Waals surface area (Å²) in [7, 11) is 3.92. The van der Waals surface area contributed by atoms with Crippen molar-refractivity contribution in [1.82, 2.24) is 9.88 Å². The summed E-state index contributed by atoms with van der Waals surface area (Å²) in [5.41, 5.74) is 4.85. The number of aromatic nitrogens is 1. The number of carbonyl (C=O) groups excluding carboxylic acids is 1. The van der Waals surface area contributed by atoms with E-state index in [0.717, 1.165) is 6.54 Å². The van der Waals surface area contributed by atoms with E-state index in [1.165, 1.54) is 6.20 Å². The lowest BCUT2D eigenvalue weighted by atomic mass is 10.4. The smallest absolute Gasteiger partial charge is 0.410 e. The van der Waals surface area contributed by atoms with E-state index >= 15 is 0 Å². The number of pyridine rings is 1. The van der Waals surface area contributed by atoms with Crippen LogP contribution in [0.5, 0.6) is 11.6 Å². The highest BCUT2D eigenvalue weighted by atomic mass is 16.5. The van der Waals surface area contributed by atoms with E-state index in [-0.39, 0.29) is 0 Å². The van der Waals surface area contributed by atoms with Crippen LogP contribution in [-0.2, 0) is 0 Å². The fourth-order valence-corrected chi connectivity index (χ4v) is 0.961. The van der Waals surface area contributed by atoms with Gasteiger partial charge in [0.05, 0.1) is 6.20 Å². The molecule has 0 atom stereocenters. The largest absolute Gasteiger partial charge is 0.476 e. The molecule has 0 aromatic carbocycles. The Labute approximate surface area is 94.0 Å². The van der Waals surface area contributed by atoms with Gasteiger partial charge < -0.3 is 20.1 Å². The fraction of sp³-hybridized carbons (Fsp3) is 0.400. The molecule has 88 valence electrons. The highest BCUT2D eigenvalue weighted by Gasteiger charge is 2.00. The number of likely N-dealkylation sites (N-methyl/N-ethyl adjacent to an activating group) is 1. The average molecular weight is 225 g/mol. The third kappa shape index (κ3) is 4.61. The van der Waals surface area contributed by atoms with Crippen molar-refractivity contribution in [3.8, 4) is 11.6 Å². The van der Waals surface area contributed by atoms with Crippen molar-refractivity contribution >= 4 is 6.09 Å². The minimum Gasteiger partial charge on any atom is -0.476 e. The van der Waals surface area contributed by atoms with Gasteiger partial charge in [-0.15, -0.1) is 0 Å². The summed E-state index contributed by atoms with van der Waals surface area (Å²) < 4.78 is 9.98. The molecule has 2 N–H and O–H groups in total. The molecule has 0 unspecified atom stereocenters. The molecule has 1 rings (SSSR count). The summed E-state index contributed by atoms with van der Waals surface area (Å²) in [5, 5.41) is 0. The van der Waals surface area contributed by atoms with Crippen molar-refractivity contribution in [3.05, 3.63) is 18.3 Å². The number of hydrogen-bond acceptors (Lipinski definition) is 5. The fourth-order valence-electron chi connectivity index (χ4n) is 0.961. The number of hydrogen-bond donors (Lipinski definition) is 1. The Bertz CT molecular complexity index is 338. The van der Waals surface area contributed by atoms with Crippen LogP contribution >= 0.6 is 0 Å². The van der Waals surface area contributed by atoms with Gasteiger partial charge in [0.25, 0.3) is 0 Å². The van der Waals surface area contributed by atoms with Crippen molar-refractivity contribution in [2.24, 2.45) is 5.73 Å². The zero-order valence-electron chi connectivity index (χ0n) is 9.34. The summed E-state index contributed by atoms with van der Waals surface area (Å²) >= 11 is 0. The van der Waals surface area contributed by atoms with Gasteiger partial charge in [-0.2, -0.15) is 0 Å². The lowest BCUT2D eigenvalue weighted by Crippen LogP contribution is -2.19. The average Bonchev–Trinajstić information content (AvgIpc) is 2.19. The van der Waals surface area contributed by atoms with Crippen molar-refractivity contribution in [1.29, 1.82) is 0 Å². The molecule has 0 saturated heterocycles. The van der Waals surface area contributed by atoms with Crippen molar-refractivity contribution in [2.45, 2.75) is 0 Å². The number of carbonyl (C=O) groups is 1. The minimum atomic E-state index is -0.858. The van der Waals surface area contributed by atoms with Crippen molar-refractivity contribution in [3.63, 3.8) is 0 Å². The molecular formula is C10H15N3O3. The summed E-state index contributed by atoms with van der Waals surface area (Å²) in [4.78, 5) is 16.4. The van der Waals surface area contributed by atoms with Gasteiger partial charge in [-0.3, -0.25) is 0 Å². The summed E-state index contributed by atoms with van der Waals surface area (Å²) in [5.74, 6) is 0.783. The molecule has 1 amide bonds. The Hall–Kier alpha value is -1.82. The van der Waals surface area contributed by atoms with Gasteiger partial charge in [-0.1, -0.05) is 0 Å². The van der Waals surface area contributed by atoms with Crippen LogP contribution in [0, 0.1) is 0 Å². The van der Waals surface area contributed by atoms with E-state index in [1.807, 2.05) is 19.0 Å². The zero-order valence-corrected chi connectivity index (χ0v) is 9.34. The third-order valence-electron chi connectivity index (χ3n) is 1.72. The Balaban J connectivity index is 2.42. The second-order valence-electron chi connectivity index (χ2n) is 3.40. The Morgan fingerprint density at radius 1 is 1.50 bits per heavy atom. The number of nitrogens with zero attached hydrogens (tertiary/aromatic N) is 2. The monoisotopic (exact) mass is 225 g/mol. The van der Waals surface area contributed by atoms with Gasteiger partial charge in [0, 0.05) is 12.6 Å². The van der Waals surface area contributed by atoms with Crippen molar-refractivity contribution < 1.29 is 14.3 Å².